The Morgan fingerprint density at radius 2 is 1.73 bits per heavy atom. The number of para-hydroxylation sites is 1. The Hall–Kier alpha value is -3.84. The van der Waals surface area contributed by atoms with Crippen molar-refractivity contribution in [2.75, 3.05) is 18.5 Å². The van der Waals surface area contributed by atoms with Crippen molar-refractivity contribution >= 4 is 28.3 Å². The van der Waals surface area contributed by atoms with Crippen molar-refractivity contribution in [3.05, 3.63) is 79.0 Å². The van der Waals surface area contributed by atoms with Crippen molar-refractivity contribution in [1.29, 1.82) is 0 Å². The average Bonchev–Trinajstić information content (AvgIpc) is 3.16. The van der Waals surface area contributed by atoms with Gasteiger partial charge in [-0.1, -0.05) is 18.2 Å². The van der Waals surface area contributed by atoms with Crippen molar-refractivity contribution < 1.29 is 9.53 Å². The van der Waals surface area contributed by atoms with E-state index in [1.165, 1.54) is 4.90 Å². The van der Waals surface area contributed by atoms with Gasteiger partial charge in [0.05, 0.1) is 23.4 Å². The van der Waals surface area contributed by atoms with E-state index in [1.54, 1.807) is 12.1 Å². The number of fused-ring (bicyclic) bond motifs is 1. The molecule has 1 aromatic heterocycles. The summed E-state index contributed by atoms with van der Waals surface area (Å²) in [6.45, 7) is 1.59. The van der Waals surface area contributed by atoms with Gasteiger partial charge < -0.3 is 15.8 Å². The van der Waals surface area contributed by atoms with Crippen LogP contribution in [0.4, 0.5) is 16.2 Å². The Kier molecular flexibility index (Phi) is 5.63. The maximum absolute atomic E-state index is 12.2. The number of primary amides is 1. The highest BCUT2D eigenvalue weighted by atomic mass is 16.5. The van der Waals surface area contributed by atoms with E-state index in [1.807, 2.05) is 78.6 Å². The summed E-state index contributed by atoms with van der Waals surface area (Å²) in [5.74, 6) is 1.42. The molecule has 7 nitrogen and oxygen atoms in total. The van der Waals surface area contributed by atoms with Crippen LogP contribution in [0.25, 0.3) is 10.9 Å². The zero-order chi connectivity index (χ0) is 20.9. The molecule has 0 bridgehead atoms. The van der Waals surface area contributed by atoms with Gasteiger partial charge in [-0.3, -0.25) is 9.58 Å². The maximum atomic E-state index is 12.2. The van der Waals surface area contributed by atoms with Crippen LogP contribution < -0.4 is 20.7 Å². The lowest BCUT2D eigenvalue weighted by atomic mass is 10.2. The third kappa shape index (κ3) is 4.26. The number of amides is 2. The maximum Gasteiger partial charge on any atom is 0.323 e. The van der Waals surface area contributed by atoms with Gasteiger partial charge in [0.15, 0.2) is 0 Å². The summed E-state index contributed by atoms with van der Waals surface area (Å²) in [5, 5.41) is 8.70. The molecule has 0 aliphatic heterocycles. The summed E-state index contributed by atoms with van der Waals surface area (Å²) >= 11 is 0. The lowest BCUT2D eigenvalue weighted by molar-refractivity contribution is 0.256. The van der Waals surface area contributed by atoms with Gasteiger partial charge >= 0.3 is 6.03 Å². The zero-order valence-electron chi connectivity index (χ0n) is 16.7. The molecule has 2 amide bonds. The fourth-order valence-electron chi connectivity index (χ4n) is 3.23. The van der Waals surface area contributed by atoms with Crippen LogP contribution in [-0.4, -0.2) is 29.4 Å². The fraction of sp³-hybridized carbons (Fsp3) is 0.130. The molecule has 4 rings (SSSR count). The second kappa shape index (κ2) is 8.67. The quantitative estimate of drug-likeness (QED) is 0.484. The number of hydrogen-bond acceptors (Lipinski definition) is 4. The normalized spacial score (nSPS) is 10.8. The van der Waals surface area contributed by atoms with Crippen molar-refractivity contribution in [3.8, 4) is 11.5 Å². The number of rotatable bonds is 7. The molecule has 1 heterocycles. The molecule has 3 N–H and O–H groups in total. The minimum atomic E-state index is -0.569. The van der Waals surface area contributed by atoms with Crippen LogP contribution in [0.1, 0.15) is 0 Å². The second-order valence-corrected chi connectivity index (χ2v) is 6.82. The number of nitrogens with one attached hydrogen (secondary N) is 1. The van der Waals surface area contributed by atoms with Gasteiger partial charge in [-0.05, 0) is 61.6 Å². The topological polar surface area (TPSA) is 85.4 Å². The minimum Gasteiger partial charge on any atom is -0.457 e. The van der Waals surface area contributed by atoms with Crippen molar-refractivity contribution in [3.63, 3.8) is 0 Å². The van der Waals surface area contributed by atoms with E-state index in [9.17, 15) is 4.79 Å². The monoisotopic (exact) mass is 401 g/mol. The third-order valence-electron chi connectivity index (χ3n) is 4.68. The van der Waals surface area contributed by atoms with Gasteiger partial charge in [0, 0.05) is 18.1 Å². The largest absolute Gasteiger partial charge is 0.457 e. The van der Waals surface area contributed by atoms with Gasteiger partial charge in [0.1, 0.15) is 11.5 Å². The lowest BCUT2D eigenvalue weighted by Gasteiger charge is -2.21. The molecule has 0 saturated heterocycles. The van der Waals surface area contributed by atoms with E-state index in [4.69, 9.17) is 10.5 Å². The van der Waals surface area contributed by atoms with Gasteiger partial charge in [-0.25, -0.2) is 4.79 Å². The van der Waals surface area contributed by atoms with E-state index in [0.29, 0.717) is 17.1 Å². The number of carbonyl (C=O) groups excluding carboxylic acids is 1. The van der Waals surface area contributed by atoms with Crippen LogP contribution in [0.2, 0.25) is 0 Å². The number of carbonyl (C=O) groups is 1. The number of benzene rings is 3. The summed E-state index contributed by atoms with van der Waals surface area (Å²) < 4.78 is 7.70. The Bertz CT molecular complexity index is 1140. The van der Waals surface area contributed by atoms with Crippen LogP contribution in [0.3, 0.4) is 0 Å². The van der Waals surface area contributed by atoms with Crippen LogP contribution >= 0.6 is 0 Å². The molecule has 152 valence electrons. The summed E-state index contributed by atoms with van der Waals surface area (Å²) in [7, 11) is 1.90. The Morgan fingerprint density at radius 3 is 2.43 bits per heavy atom. The van der Waals surface area contributed by atoms with Gasteiger partial charge in [0.2, 0.25) is 0 Å². The first kappa shape index (κ1) is 19.5. The average molecular weight is 401 g/mol. The highest BCUT2D eigenvalue weighted by Crippen LogP contribution is 2.30. The molecule has 0 spiro atoms. The van der Waals surface area contributed by atoms with Crippen LogP contribution in [0.15, 0.2) is 79.0 Å². The third-order valence-corrected chi connectivity index (χ3v) is 4.68. The summed E-state index contributed by atoms with van der Waals surface area (Å²) in [6, 6.07) is 21.9. The Morgan fingerprint density at radius 1 is 1.03 bits per heavy atom. The number of likely N-dealkylation sites (N-methyl/N-ethyl adjacent to an activating group) is 1. The molecular formula is C23H23N5O2. The molecule has 30 heavy (non-hydrogen) atoms. The smallest absolute Gasteiger partial charge is 0.323 e. The molecule has 0 saturated carbocycles. The summed E-state index contributed by atoms with van der Waals surface area (Å²) in [5.41, 5.74) is 7.81. The van der Waals surface area contributed by atoms with E-state index in [0.717, 1.165) is 29.7 Å². The van der Waals surface area contributed by atoms with E-state index < -0.39 is 6.03 Å². The van der Waals surface area contributed by atoms with E-state index >= 15 is 0 Å². The minimum absolute atomic E-state index is 0.569. The molecule has 4 aromatic rings. The zero-order valence-corrected chi connectivity index (χ0v) is 16.7. The van der Waals surface area contributed by atoms with E-state index in [2.05, 4.69) is 10.4 Å². The standard InChI is InChI=1S/C23H23N5O2/c1-25-13-14-27-16-17-7-8-19(15-22(17)26-27)28(23(24)29)18-9-11-21(12-10-18)30-20-5-3-2-4-6-20/h2-12,15-16,25H,13-14H2,1H3,(H2,24,29). The molecule has 0 aliphatic rings. The number of aromatic nitrogens is 2. The molecule has 0 fully saturated rings. The predicted octanol–water partition coefficient (Wildman–Crippen LogP) is 4.26. The van der Waals surface area contributed by atoms with Crippen molar-refractivity contribution in [1.82, 2.24) is 15.1 Å². The van der Waals surface area contributed by atoms with Crippen molar-refractivity contribution in [2.24, 2.45) is 5.73 Å². The Labute approximate surface area is 174 Å². The summed E-state index contributed by atoms with van der Waals surface area (Å²) in [4.78, 5) is 13.7. The molecule has 7 heteroatoms. The lowest BCUT2D eigenvalue weighted by Crippen LogP contribution is -2.31. The molecule has 0 atom stereocenters. The van der Waals surface area contributed by atoms with Crippen LogP contribution in [-0.2, 0) is 6.54 Å². The van der Waals surface area contributed by atoms with Crippen molar-refractivity contribution in [2.45, 2.75) is 6.54 Å². The number of urea groups is 1. The highest BCUT2D eigenvalue weighted by Gasteiger charge is 2.16. The number of nitrogens with zero attached hydrogens (tertiary/aromatic N) is 3. The predicted molar refractivity (Wildman–Crippen MR) is 118 cm³/mol. The molecule has 3 aromatic carbocycles. The van der Waals surface area contributed by atoms with Crippen LogP contribution in [0.5, 0.6) is 11.5 Å². The molecule has 0 unspecified atom stereocenters. The first-order valence-electron chi connectivity index (χ1n) is 9.68. The SMILES string of the molecule is CNCCn1cc2ccc(N(C(N)=O)c3ccc(Oc4ccccc4)cc3)cc2n1. The fourth-order valence-corrected chi connectivity index (χ4v) is 3.23. The summed E-state index contributed by atoms with van der Waals surface area (Å²) in [6.07, 6.45) is 1.99. The molecular weight excluding hydrogens is 378 g/mol. The Balaban J connectivity index is 1.59. The number of ether oxygens (including phenoxy) is 1. The molecule has 0 aliphatic carbocycles. The van der Waals surface area contributed by atoms with Gasteiger partial charge in [-0.15, -0.1) is 0 Å². The van der Waals surface area contributed by atoms with Gasteiger partial charge in [-0.2, -0.15) is 5.10 Å². The second-order valence-electron chi connectivity index (χ2n) is 6.82. The number of anilines is 2. The number of hydrogen-bond donors (Lipinski definition) is 2. The first-order valence-corrected chi connectivity index (χ1v) is 9.68. The number of nitrogens with two attached hydrogens (primary N) is 1. The molecule has 0 radical (unpaired) electrons. The van der Waals surface area contributed by atoms with Gasteiger partial charge in [0.25, 0.3) is 0 Å². The van der Waals surface area contributed by atoms with E-state index in [-0.39, 0.29) is 0 Å². The van der Waals surface area contributed by atoms with Crippen LogP contribution in [0, 0.1) is 0 Å². The first-order chi connectivity index (χ1) is 14.6. The highest BCUT2D eigenvalue weighted by molar-refractivity contribution is 6.00.